The van der Waals surface area contributed by atoms with Crippen LogP contribution in [0.3, 0.4) is 0 Å². The van der Waals surface area contributed by atoms with Gasteiger partial charge in [0.1, 0.15) is 5.69 Å². The van der Waals surface area contributed by atoms with Crippen molar-refractivity contribution < 1.29 is 4.79 Å². The number of nitrogens with one attached hydrogen (secondary N) is 2. The van der Waals surface area contributed by atoms with E-state index in [0.717, 1.165) is 30.9 Å². The van der Waals surface area contributed by atoms with E-state index in [1.54, 1.807) is 6.07 Å². The average molecular weight is 355 g/mol. The molecule has 140 valence electrons. The molecule has 1 unspecified atom stereocenters. The van der Waals surface area contributed by atoms with E-state index in [1.807, 2.05) is 32.9 Å². The normalized spacial score (nSPS) is 11.7. The van der Waals surface area contributed by atoms with Crippen LogP contribution in [-0.4, -0.2) is 35.0 Å². The van der Waals surface area contributed by atoms with Crippen LogP contribution in [0.2, 0.25) is 0 Å². The van der Waals surface area contributed by atoms with E-state index >= 15 is 0 Å². The maximum Gasteiger partial charge on any atom is 0.270 e. The number of carbonyl (C=O) groups is 1. The molecule has 0 radical (unpaired) electrons. The predicted molar refractivity (Wildman–Crippen MR) is 107 cm³/mol. The van der Waals surface area contributed by atoms with E-state index in [-0.39, 0.29) is 11.9 Å². The van der Waals surface area contributed by atoms with Gasteiger partial charge in [-0.05, 0) is 64.4 Å². The van der Waals surface area contributed by atoms with Crippen molar-refractivity contribution in [3.05, 3.63) is 41.7 Å². The fourth-order valence-electron chi connectivity index (χ4n) is 2.61. The van der Waals surface area contributed by atoms with Gasteiger partial charge in [-0.15, -0.1) is 0 Å². The topological polar surface area (TPSA) is 70.2 Å². The van der Waals surface area contributed by atoms with Gasteiger partial charge in [0.25, 0.3) is 5.91 Å². The van der Waals surface area contributed by atoms with Gasteiger partial charge in [-0.2, -0.15) is 0 Å². The zero-order chi connectivity index (χ0) is 19.1. The first-order chi connectivity index (χ1) is 12.5. The van der Waals surface area contributed by atoms with Crippen LogP contribution < -0.4 is 15.5 Å². The quantitative estimate of drug-likeness (QED) is 0.751. The molecule has 2 aromatic rings. The molecule has 2 rings (SSSR count). The Labute approximate surface area is 156 Å². The molecule has 1 atom stereocenters. The summed E-state index contributed by atoms with van der Waals surface area (Å²) in [7, 11) is 0. The Balaban J connectivity index is 2.15. The second-order valence-electron chi connectivity index (χ2n) is 6.35. The third-order valence-corrected chi connectivity index (χ3v) is 4.33. The van der Waals surface area contributed by atoms with Crippen molar-refractivity contribution in [1.82, 2.24) is 15.3 Å². The van der Waals surface area contributed by atoms with E-state index in [9.17, 15) is 4.79 Å². The molecule has 2 N–H and O–H groups in total. The van der Waals surface area contributed by atoms with Gasteiger partial charge < -0.3 is 15.5 Å². The summed E-state index contributed by atoms with van der Waals surface area (Å²) in [6.45, 7) is 12.1. The van der Waals surface area contributed by atoms with E-state index in [4.69, 9.17) is 0 Å². The fourth-order valence-corrected chi connectivity index (χ4v) is 2.61. The number of carbonyl (C=O) groups excluding carboxylic acids is 1. The molecule has 6 heteroatoms. The highest BCUT2D eigenvalue weighted by atomic mass is 16.1. The van der Waals surface area contributed by atoms with Gasteiger partial charge in [-0.3, -0.25) is 4.79 Å². The van der Waals surface area contributed by atoms with Crippen molar-refractivity contribution in [1.29, 1.82) is 0 Å². The van der Waals surface area contributed by atoms with Crippen LogP contribution in [0, 0.1) is 6.92 Å². The first kappa shape index (κ1) is 19.7. The van der Waals surface area contributed by atoms with Gasteiger partial charge in [-0.1, -0.05) is 6.92 Å². The van der Waals surface area contributed by atoms with Crippen molar-refractivity contribution >= 4 is 23.2 Å². The van der Waals surface area contributed by atoms with Crippen LogP contribution in [0.25, 0.3) is 0 Å². The van der Waals surface area contributed by atoms with Gasteiger partial charge in [-0.25, -0.2) is 9.97 Å². The Morgan fingerprint density at radius 3 is 2.35 bits per heavy atom. The first-order valence-corrected chi connectivity index (χ1v) is 9.25. The SMILES string of the molecule is CCC(C)NC(=O)c1cc(C)nc(Nc2ccc(N(CC)CC)cc2)n1. The number of nitrogens with zero attached hydrogens (tertiary/aromatic N) is 3. The lowest BCUT2D eigenvalue weighted by molar-refractivity contribution is 0.0934. The lowest BCUT2D eigenvalue weighted by Gasteiger charge is -2.21. The minimum absolute atomic E-state index is 0.113. The highest BCUT2D eigenvalue weighted by Gasteiger charge is 2.13. The van der Waals surface area contributed by atoms with Gasteiger partial charge >= 0.3 is 0 Å². The van der Waals surface area contributed by atoms with Gasteiger partial charge in [0.05, 0.1) is 0 Å². The van der Waals surface area contributed by atoms with Crippen molar-refractivity contribution in [3.63, 3.8) is 0 Å². The molecule has 0 aliphatic carbocycles. The molecule has 0 aliphatic heterocycles. The largest absolute Gasteiger partial charge is 0.372 e. The summed E-state index contributed by atoms with van der Waals surface area (Å²) in [5.74, 6) is 0.250. The molecule has 1 aromatic carbocycles. The Bertz CT molecular complexity index is 725. The van der Waals surface area contributed by atoms with E-state index < -0.39 is 0 Å². The molecule has 6 nitrogen and oxygen atoms in total. The lowest BCUT2D eigenvalue weighted by atomic mass is 10.2. The number of aryl methyl sites for hydroxylation is 1. The minimum Gasteiger partial charge on any atom is -0.372 e. The van der Waals surface area contributed by atoms with Crippen molar-refractivity contribution in [2.75, 3.05) is 23.3 Å². The number of anilines is 3. The zero-order valence-corrected chi connectivity index (χ0v) is 16.3. The molecule has 1 amide bonds. The van der Waals surface area contributed by atoms with Crippen LogP contribution in [-0.2, 0) is 0 Å². The third-order valence-electron chi connectivity index (χ3n) is 4.33. The zero-order valence-electron chi connectivity index (χ0n) is 16.3. The van der Waals surface area contributed by atoms with Gasteiger partial charge in [0.2, 0.25) is 5.95 Å². The maximum atomic E-state index is 12.3. The number of hydrogen-bond acceptors (Lipinski definition) is 5. The highest BCUT2D eigenvalue weighted by molar-refractivity contribution is 5.92. The molecule has 0 aliphatic rings. The summed E-state index contributed by atoms with van der Waals surface area (Å²) in [6.07, 6.45) is 0.875. The Morgan fingerprint density at radius 1 is 1.12 bits per heavy atom. The average Bonchev–Trinajstić information content (AvgIpc) is 2.63. The number of rotatable bonds is 8. The van der Waals surface area contributed by atoms with E-state index in [0.29, 0.717) is 11.6 Å². The second-order valence-corrected chi connectivity index (χ2v) is 6.35. The number of amides is 1. The summed E-state index contributed by atoms with van der Waals surface area (Å²) < 4.78 is 0. The highest BCUT2D eigenvalue weighted by Crippen LogP contribution is 2.20. The molecular weight excluding hydrogens is 326 g/mol. The van der Waals surface area contributed by atoms with Crippen LogP contribution in [0.4, 0.5) is 17.3 Å². The monoisotopic (exact) mass is 355 g/mol. The molecule has 0 saturated carbocycles. The van der Waals surface area contributed by atoms with Crippen LogP contribution in [0.5, 0.6) is 0 Å². The van der Waals surface area contributed by atoms with Crippen molar-refractivity contribution in [2.24, 2.45) is 0 Å². The van der Waals surface area contributed by atoms with Crippen LogP contribution >= 0.6 is 0 Å². The lowest BCUT2D eigenvalue weighted by Crippen LogP contribution is -2.32. The van der Waals surface area contributed by atoms with E-state index in [2.05, 4.69) is 51.5 Å². The standard InChI is InChI=1S/C20H29N5O/c1-6-14(4)21-19(26)18-13-15(5)22-20(24-18)23-16-9-11-17(12-10-16)25(7-2)8-3/h9-14H,6-8H2,1-5H3,(H,21,26)(H,22,23,24). The van der Waals surface area contributed by atoms with Crippen molar-refractivity contribution in [2.45, 2.75) is 47.1 Å². The second kappa shape index (κ2) is 9.17. The molecule has 0 fully saturated rings. The predicted octanol–water partition coefficient (Wildman–Crippen LogP) is 3.90. The summed E-state index contributed by atoms with van der Waals surface area (Å²) in [6, 6.07) is 9.95. The fraction of sp³-hybridized carbons (Fsp3) is 0.450. The van der Waals surface area contributed by atoms with Crippen LogP contribution in [0.15, 0.2) is 30.3 Å². The molecule has 0 bridgehead atoms. The number of aromatic nitrogens is 2. The molecule has 1 heterocycles. The molecule has 26 heavy (non-hydrogen) atoms. The summed E-state index contributed by atoms with van der Waals surface area (Å²) in [4.78, 5) is 23.4. The van der Waals surface area contributed by atoms with Gasteiger partial charge in [0, 0.05) is 36.2 Å². The van der Waals surface area contributed by atoms with Crippen LogP contribution in [0.1, 0.15) is 50.3 Å². The summed E-state index contributed by atoms with van der Waals surface area (Å²) in [5.41, 5.74) is 3.19. The number of hydrogen-bond donors (Lipinski definition) is 2. The first-order valence-electron chi connectivity index (χ1n) is 9.25. The summed E-state index contributed by atoms with van der Waals surface area (Å²) >= 11 is 0. The van der Waals surface area contributed by atoms with E-state index in [1.165, 1.54) is 5.69 Å². The molecule has 0 spiro atoms. The Hall–Kier alpha value is -2.63. The Morgan fingerprint density at radius 2 is 1.77 bits per heavy atom. The maximum absolute atomic E-state index is 12.3. The molecule has 1 aromatic heterocycles. The molecular formula is C20H29N5O. The summed E-state index contributed by atoms with van der Waals surface area (Å²) in [5, 5.41) is 6.12. The van der Waals surface area contributed by atoms with Gasteiger partial charge in [0.15, 0.2) is 0 Å². The Kier molecular flexibility index (Phi) is 6.95. The number of benzene rings is 1. The smallest absolute Gasteiger partial charge is 0.270 e. The third kappa shape index (κ3) is 5.18. The minimum atomic E-state index is -0.176. The molecule has 0 saturated heterocycles. The van der Waals surface area contributed by atoms with Crippen molar-refractivity contribution in [3.8, 4) is 0 Å².